The van der Waals surface area contributed by atoms with Gasteiger partial charge >= 0.3 is 5.97 Å². The van der Waals surface area contributed by atoms with Crippen molar-refractivity contribution in [3.05, 3.63) is 87.6 Å². The molecule has 2 N–H and O–H groups in total. The van der Waals surface area contributed by atoms with Crippen LogP contribution in [0.5, 0.6) is 11.5 Å². The second-order valence-electron chi connectivity index (χ2n) is 8.32. The molecule has 0 saturated carbocycles. The van der Waals surface area contributed by atoms with Crippen molar-refractivity contribution in [3.8, 4) is 11.5 Å². The fourth-order valence-electron chi connectivity index (χ4n) is 3.85. The van der Waals surface area contributed by atoms with Crippen LogP contribution in [0.2, 0.25) is 0 Å². The van der Waals surface area contributed by atoms with Gasteiger partial charge in [0, 0.05) is 4.88 Å². The summed E-state index contributed by atoms with van der Waals surface area (Å²) in [5, 5.41) is 12.2. The number of esters is 1. The van der Waals surface area contributed by atoms with Crippen LogP contribution in [0.15, 0.2) is 54.6 Å². The van der Waals surface area contributed by atoms with Gasteiger partial charge in [0.05, 0.1) is 36.3 Å². The number of anilines is 2. The molecule has 0 atom stereocenters. The standard InChI is InChI=1S/C27H28N4O3S2/c1-16-19(4)36-25(23(16)26(32)33-5)29-27(35)28-24-17(2)30-31(18(24)3)15-20-10-9-13-22(14-20)34-21-11-7-6-8-12-21/h6-14H,15H2,1-5H3,(H2,28,29,35). The van der Waals surface area contributed by atoms with Crippen LogP contribution >= 0.6 is 23.6 Å². The fourth-order valence-corrected chi connectivity index (χ4v) is 5.17. The van der Waals surface area contributed by atoms with Gasteiger partial charge in [0.1, 0.15) is 16.5 Å². The Balaban J connectivity index is 1.48. The molecule has 36 heavy (non-hydrogen) atoms. The van der Waals surface area contributed by atoms with E-state index in [4.69, 9.17) is 26.8 Å². The number of aromatic nitrogens is 2. The van der Waals surface area contributed by atoms with E-state index in [0.29, 0.717) is 22.2 Å². The maximum Gasteiger partial charge on any atom is 0.341 e. The second-order valence-corrected chi connectivity index (χ2v) is 9.96. The number of aryl methyl sites for hydroxylation is 2. The SMILES string of the molecule is COC(=O)c1c(NC(=S)Nc2c(C)nn(Cc3cccc(Oc4ccccc4)c3)c2C)sc(C)c1C. The molecular formula is C27H28N4O3S2. The highest BCUT2D eigenvalue weighted by atomic mass is 32.1. The van der Waals surface area contributed by atoms with Gasteiger partial charge in [-0.25, -0.2) is 4.79 Å². The number of nitrogens with zero attached hydrogens (tertiary/aromatic N) is 2. The van der Waals surface area contributed by atoms with E-state index in [-0.39, 0.29) is 5.97 Å². The number of benzene rings is 2. The lowest BCUT2D eigenvalue weighted by atomic mass is 10.1. The molecule has 186 valence electrons. The van der Waals surface area contributed by atoms with Gasteiger partial charge in [-0.1, -0.05) is 30.3 Å². The molecule has 0 bridgehead atoms. The zero-order valence-corrected chi connectivity index (χ0v) is 22.5. The molecule has 2 aromatic carbocycles. The topological polar surface area (TPSA) is 77.4 Å². The van der Waals surface area contributed by atoms with Gasteiger partial charge in [0.2, 0.25) is 0 Å². The molecule has 0 saturated heterocycles. The summed E-state index contributed by atoms with van der Waals surface area (Å²) in [4.78, 5) is 13.3. The molecule has 7 nitrogen and oxygen atoms in total. The van der Waals surface area contributed by atoms with Crippen LogP contribution in [-0.2, 0) is 11.3 Å². The molecule has 0 amide bonds. The van der Waals surface area contributed by atoms with Crippen LogP contribution in [0.4, 0.5) is 10.7 Å². The maximum absolute atomic E-state index is 12.3. The van der Waals surface area contributed by atoms with Crippen molar-refractivity contribution in [1.82, 2.24) is 9.78 Å². The number of para-hydroxylation sites is 1. The van der Waals surface area contributed by atoms with Crippen LogP contribution in [-0.4, -0.2) is 28.0 Å². The minimum absolute atomic E-state index is 0.380. The minimum atomic E-state index is -0.388. The monoisotopic (exact) mass is 520 g/mol. The predicted molar refractivity (Wildman–Crippen MR) is 149 cm³/mol. The first kappa shape index (κ1) is 25.4. The van der Waals surface area contributed by atoms with Crippen molar-refractivity contribution >= 4 is 45.3 Å². The highest BCUT2D eigenvalue weighted by Crippen LogP contribution is 2.33. The molecule has 0 aliphatic rings. The summed E-state index contributed by atoms with van der Waals surface area (Å²) in [6.45, 7) is 8.37. The van der Waals surface area contributed by atoms with Gasteiger partial charge in [-0.15, -0.1) is 11.3 Å². The maximum atomic E-state index is 12.3. The number of hydrogen-bond acceptors (Lipinski definition) is 6. The Labute approximate surface area is 220 Å². The first-order valence-electron chi connectivity index (χ1n) is 11.4. The lowest BCUT2D eigenvalue weighted by molar-refractivity contribution is 0.0601. The minimum Gasteiger partial charge on any atom is -0.465 e. The largest absolute Gasteiger partial charge is 0.465 e. The molecule has 0 aliphatic heterocycles. The van der Waals surface area contributed by atoms with Crippen LogP contribution in [0, 0.1) is 27.7 Å². The Hall–Kier alpha value is -3.69. The molecule has 2 aromatic heterocycles. The zero-order chi connectivity index (χ0) is 25.8. The van der Waals surface area contributed by atoms with E-state index in [2.05, 4.69) is 10.6 Å². The molecule has 9 heteroatoms. The quantitative estimate of drug-likeness (QED) is 0.210. The normalized spacial score (nSPS) is 10.7. The van der Waals surface area contributed by atoms with Gasteiger partial charge in [0.25, 0.3) is 0 Å². The summed E-state index contributed by atoms with van der Waals surface area (Å²) in [6.07, 6.45) is 0. The Kier molecular flexibility index (Phi) is 7.71. The Bertz CT molecular complexity index is 1410. The van der Waals surface area contributed by atoms with E-state index >= 15 is 0 Å². The lowest BCUT2D eigenvalue weighted by Gasteiger charge is -2.12. The molecule has 0 aliphatic carbocycles. The summed E-state index contributed by atoms with van der Waals surface area (Å²) in [7, 11) is 1.37. The van der Waals surface area contributed by atoms with Gasteiger partial charge in [-0.2, -0.15) is 5.10 Å². The summed E-state index contributed by atoms with van der Waals surface area (Å²) in [5.74, 6) is 1.17. The average Bonchev–Trinajstić information content (AvgIpc) is 3.28. The first-order valence-corrected chi connectivity index (χ1v) is 12.6. The number of thiophene rings is 1. The van der Waals surface area contributed by atoms with Crippen LogP contribution in [0.3, 0.4) is 0 Å². The van der Waals surface area contributed by atoms with Crippen LogP contribution < -0.4 is 15.4 Å². The van der Waals surface area contributed by atoms with Crippen LogP contribution in [0.1, 0.15) is 37.7 Å². The number of hydrogen-bond donors (Lipinski definition) is 2. The Morgan fingerprint density at radius 2 is 1.75 bits per heavy atom. The van der Waals surface area contributed by atoms with E-state index in [9.17, 15) is 4.79 Å². The molecule has 4 aromatic rings. The van der Waals surface area contributed by atoms with Crippen molar-refractivity contribution < 1.29 is 14.3 Å². The third-order valence-corrected chi connectivity index (χ3v) is 7.16. The molecule has 4 rings (SSSR count). The third-order valence-electron chi connectivity index (χ3n) is 5.83. The van der Waals surface area contributed by atoms with E-state index in [0.717, 1.165) is 44.6 Å². The molecule has 0 spiro atoms. The summed E-state index contributed by atoms with van der Waals surface area (Å²) >= 11 is 7.04. The van der Waals surface area contributed by atoms with Crippen molar-refractivity contribution in [2.75, 3.05) is 17.7 Å². The molecule has 0 unspecified atom stereocenters. The predicted octanol–water partition coefficient (Wildman–Crippen LogP) is 6.61. The van der Waals surface area contributed by atoms with Gasteiger partial charge < -0.3 is 20.1 Å². The number of carbonyl (C=O) groups is 1. The first-order chi connectivity index (χ1) is 17.3. The summed E-state index contributed by atoms with van der Waals surface area (Å²) in [5.41, 5.74) is 5.04. The van der Waals surface area contributed by atoms with E-state index in [1.165, 1.54) is 18.4 Å². The number of ether oxygens (including phenoxy) is 2. The molecule has 0 fully saturated rings. The van der Waals surface area contributed by atoms with Crippen molar-refractivity contribution in [2.24, 2.45) is 0 Å². The number of rotatable bonds is 7. The Morgan fingerprint density at radius 1 is 1.03 bits per heavy atom. The number of methoxy groups -OCH3 is 1. The Morgan fingerprint density at radius 3 is 2.47 bits per heavy atom. The lowest BCUT2D eigenvalue weighted by Crippen LogP contribution is -2.21. The van der Waals surface area contributed by atoms with Crippen molar-refractivity contribution in [2.45, 2.75) is 34.2 Å². The third kappa shape index (κ3) is 5.58. The zero-order valence-electron chi connectivity index (χ0n) is 20.8. The van der Waals surface area contributed by atoms with Crippen LogP contribution in [0.25, 0.3) is 0 Å². The summed E-state index contributed by atoms with van der Waals surface area (Å²) < 4.78 is 12.9. The van der Waals surface area contributed by atoms with E-state index < -0.39 is 0 Å². The average molecular weight is 521 g/mol. The summed E-state index contributed by atoms with van der Waals surface area (Å²) in [6, 6.07) is 17.7. The van der Waals surface area contributed by atoms with E-state index in [1.54, 1.807) is 0 Å². The second kappa shape index (κ2) is 10.9. The van der Waals surface area contributed by atoms with Crippen molar-refractivity contribution in [1.29, 1.82) is 0 Å². The smallest absolute Gasteiger partial charge is 0.341 e. The highest BCUT2D eigenvalue weighted by molar-refractivity contribution is 7.80. The van der Waals surface area contributed by atoms with Gasteiger partial charge in [-0.05, 0) is 75.3 Å². The van der Waals surface area contributed by atoms with Crippen molar-refractivity contribution in [3.63, 3.8) is 0 Å². The molecule has 2 heterocycles. The molecular weight excluding hydrogens is 492 g/mol. The molecule has 0 radical (unpaired) electrons. The fraction of sp³-hybridized carbons (Fsp3) is 0.222. The number of thiocarbonyl (C=S) groups is 1. The van der Waals surface area contributed by atoms with E-state index in [1.807, 2.05) is 87.0 Å². The van der Waals surface area contributed by atoms with Gasteiger partial charge in [0.15, 0.2) is 5.11 Å². The number of nitrogens with one attached hydrogen (secondary N) is 2. The highest BCUT2D eigenvalue weighted by Gasteiger charge is 2.21. The van der Waals surface area contributed by atoms with Gasteiger partial charge in [-0.3, -0.25) is 4.68 Å². The number of carbonyl (C=O) groups excluding carboxylic acids is 1.